The molecular weight excluding hydrogens is 422 g/mol. The van der Waals surface area contributed by atoms with Crippen LogP contribution in [0.1, 0.15) is 28.0 Å². The van der Waals surface area contributed by atoms with E-state index in [1.54, 1.807) is 0 Å². The molecule has 0 aliphatic carbocycles. The maximum absolute atomic E-state index is 12.7. The van der Waals surface area contributed by atoms with Crippen molar-refractivity contribution in [2.75, 3.05) is 19.7 Å². The molecule has 0 unspecified atom stereocenters. The summed E-state index contributed by atoms with van der Waals surface area (Å²) in [7, 11) is 0. The van der Waals surface area contributed by atoms with E-state index in [4.69, 9.17) is 4.42 Å². The van der Waals surface area contributed by atoms with Crippen molar-refractivity contribution in [2.45, 2.75) is 25.5 Å². The molecule has 172 valence electrons. The predicted molar refractivity (Wildman–Crippen MR) is 121 cm³/mol. The fraction of sp³-hybridized carbons (Fsp3) is 0.320. The van der Waals surface area contributed by atoms with Gasteiger partial charge in [-0.1, -0.05) is 42.5 Å². The summed E-state index contributed by atoms with van der Waals surface area (Å²) in [5, 5.41) is 22.2. The number of piperidine rings is 1. The molecule has 1 aromatic heterocycles. The van der Waals surface area contributed by atoms with Crippen molar-refractivity contribution in [1.29, 1.82) is 0 Å². The number of rotatable bonds is 7. The normalized spacial score (nSPS) is 18.2. The van der Waals surface area contributed by atoms with Crippen molar-refractivity contribution in [3.8, 4) is 11.5 Å². The lowest BCUT2D eigenvalue weighted by molar-refractivity contribution is -0.120. The predicted octanol–water partition coefficient (Wildman–Crippen LogP) is 2.02. The van der Waals surface area contributed by atoms with Crippen LogP contribution in [0.25, 0.3) is 11.5 Å². The van der Waals surface area contributed by atoms with E-state index in [1.807, 2.05) is 54.6 Å². The lowest BCUT2D eigenvalue weighted by Gasteiger charge is -2.34. The van der Waals surface area contributed by atoms with Gasteiger partial charge in [0.05, 0.1) is 12.5 Å². The number of nitrogens with one attached hydrogen (secondary N) is 1. The van der Waals surface area contributed by atoms with Gasteiger partial charge in [0.1, 0.15) is 6.26 Å². The van der Waals surface area contributed by atoms with Crippen LogP contribution >= 0.6 is 0 Å². The number of amides is 2. The summed E-state index contributed by atoms with van der Waals surface area (Å²) in [5.41, 5.74) is 2.79. The minimum atomic E-state index is -0.750. The Balaban J connectivity index is 1.32. The van der Waals surface area contributed by atoms with Crippen LogP contribution in [0.5, 0.6) is 0 Å². The van der Waals surface area contributed by atoms with Gasteiger partial charge in [0.2, 0.25) is 11.8 Å². The van der Waals surface area contributed by atoms with Gasteiger partial charge in [-0.25, -0.2) is 4.98 Å². The van der Waals surface area contributed by atoms with E-state index in [2.05, 4.69) is 10.3 Å². The van der Waals surface area contributed by atoms with Gasteiger partial charge in [0.25, 0.3) is 5.91 Å². The highest BCUT2D eigenvalue weighted by molar-refractivity contribution is 5.92. The Morgan fingerprint density at radius 2 is 1.85 bits per heavy atom. The molecule has 0 saturated carbocycles. The lowest BCUT2D eigenvalue weighted by atomic mass is 9.94. The van der Waals surface area contributed by atoms with E-state index in [9.17, 15) is 19.8 Å². The number of aromatic nitrogens is 1. The zero-order valence-corrected chi connectivity index (χ0v) is 18.2. The molecule has 2 aromatic carbocycles. The molecule has 0 spiro atoms. The molecule has 3 N–H and O–H groups in total. The molecule has 1 saturated heterocycles. The zero-order chi connectivity index (χ0) is 23.2. The number of carbonyl (C=O) groups is 2. The summed E-state index contributed by atoms with van der Waals surface area (Å²) >= 11 is 0. The van der Waals surface area contributed by atoms with Crippen LogP contribution in [-0.4, -0.2) is 57.7 Å². The molecule has 1 aliphatic rings. The minimum Gasteiger partial charge on any atom is -0.444 e. The fourth-order valence-corrected chi connectivity index (χ4v) is 3.85. The summed E-state index contributed by atoms with van der Waals surface area (Å²) < 4.78 is 5.51. The molecule has 4 rings (SSSR count). The second kappa shape index (κ2) is 10.4. The number of nitrogens with zero attached hydrogens (tertiary/aromatic N) is 2. The summed E-state index contributed by atoms with van der Waals surface area (Å²) in [6.07, 6.45) is 1.44. The monoisotopic (exact) mass is 449 g/mol. The molecule has 2 amide bonds. The Kier molecular flexibility index (Phi) is 7.16. The Morgan fingerprint density at radius 3 is 2.55 bits per heavy atom. The van der Waals surface area contributed by atoms with Gasteiger partial charge in [-0.2, -0.15) is 0 Å². The standard InChI is InChI=1S/C25H27N3O5/c29-15-20-10-11-28(14-22(20)30)25(32)21-16-33-24(27-21)19-8-6-18(7-9-19)13-26-23(31)12-17-4-2-1-3-5-17/h1-9,16,20,22,29-30H,10-15H2,(H,26,31)/t20-,22-/m1/s1. The molecule has 1 fully saturated rings. The van der Waals surface area contributed by atoms with Crippen molar-refractivity contribution in [1.82, 2.24) is 15.2 Å². The van der Waals surface area contributed by atoms with Gasteiger partial charge in [0, 0.05) is 37.7 Å². The van der Waals surface area contributed by atoms with Gasteiger partial charge < -0.3 is 24.8 Å². The van der Waals surface area contributed by atoms with Gasteiger partial charge in [0.15, 0.2) is 5.69 Å². The molecule has 8 heteroatoms. The van der Waals surface area contributed by atoms with E-state index in [-0.39, 0.29) is 36.6 Å². The molecule has 2 atom stereocenters. The maximum atomic E-state index is 12.7. The van der Waals surface area contributed by atoms with Gasteiger partial charge >= 0.3 is 0 Å². The average Bonchev–Trinajstić information content (AvgIpc) is 3.33. The number of benzene rings is 2. The highest BCUT2D eigenvalue weighted by Crippen LogP contribution is 2.22. The quantitative estimate of drug-likeness (QED) is 0.508. The van der Waals surface area contributed by atoms with E-state index in [0.717, 1.165) is 11.1 Å². The van der Waals surface area contributed by atoms with Crippen LogP contribution in [-0.2, 0) is 17.8 Å². The molecule has 8 nitrogen and oxygen atoms in total. The number of oxazole rings is 1. The minimum absolute atomic E-state index is 0.0470. The summed E-state index contributed by atoms with van der Waals surface area (Å²) in [4.78, 5) is 30.7. The highest BCUT2D eigenvalue weighted by atomic mass is 16.3. The van der Waals surface area contributed by atoms with E-state index in [1.165, 1.54) is 11.2 Å². The first-order valence-corrected chi connectivity index (χ1v) is 11.0. The molecule has 3 aromatic rings. The second-order valence-electron chi connectivity index (χ2n) is 8.22. The molecule has 0 bridgehead atoms. The molecular formula is C25H27N3O5. The number of hydrogen-bond donors (Lipinski definition) is 3. The first-order valence-electron chi connectivity index (χ1n) is 11.0. The lowest BCUT2D eigenvalue weighted by Crippen LogP contribution is -2.47. The Labute approximate surface area is 191 Å². The largest absolute Gasteiger partial charge is 0.444 e. The van der Waals surface area contributed by atoms with Crippen molar-refractivity contribution in [2.24, 2.45) is 5.92 Å². The highest BCUT2D eigenvalue weighted by Gasteiger charge is 2.31. The third kappa shape index (κ3) is 5.66. The van der Waals surface area contributed by atoms with Gasteiger partial charge in [-0.3, -0.25) is 9.59 Å². The number of likely N-dealkylation sites (tertiary alicyclic amines) is 1. The van der Waals surface area contributed by atoms with Crippen LogP contribution in [0.4, 0.5) is 0 Å². The number of aliphatic hydroxyl groups excluding tert-OH is 2. The number of carbonyl (C=O) groups excluding carboxylic acids is 2. The van der Waals surface area contributed by atoms with E-state index >= 15 is 0 Å². The van der Waals surface area contributed by atoms with E-state index in [0.29, 0.717) is 37.4 Å². The summed E-state index contributed by atoms with van der Waals surface area (Å²) in [5.74, 6) is -0.236. The maximum Gasteiger partial charge on any atom is 0.275 e. The number of β-amino-alcohol motifs (C(OH)–C–C–N with tert-alkyl or cyclic N) is 1. The fourth-order valence-electron chi connectivity index (χ4n) is 3.85. The van der Waals surface area contributed by atoms with Crippen LogP contribution in [0, 0.1) is 5.92 Å². The third-order valence-corrected chi connectivity index (χ3v) is 5.86. The van der Waals surface area contributed by atoms with Crippen LogP contribution in [0.2, 0.25) is 0 Å². The van der Waals surface area contributed by atoms with Crippen molar-refractivity contribution in [3.05, 3.63) is 77.7 Å². The Hall–Kier alpha value is -3.49. The molecule has 0 radical (unpaired) electrons. The van der Waals surface area contributed by atoms with Crippen molar-refractivity contribution in [3.63, 3.8) is 0 Å². The SMILES string of the molecule is O=C(Cc1ccccc1)NCc1ccc(-c2nc(C(=O)N3CC[C@H](CO)[C@H](O)C3)co2)cc1. The molecule has 1 aliphatic heterocycles. The smallest absolute Gasteiger partial charge is 0.275 e. The first kappa shape index (κ1) is 22.7. The number of hydrogen-bond acceptors (Lipinski definition) is 6. The van der Waals surface area contributed by atoms with Gasteiger partial charge in [-0.15, -0.1) is 0 Å². The Morgan fingerprint density at radius 1 is 1.09 bits per heavy atom. The van der Waals surface area contributed by atoms with Crippen LogP contribution < -0.4 is 5.32 Å². The molecule has 33 heavy (non-hydrogen) atoms. The van der Waals surface area contributed by atoms with Crippen LogP contribution in [0.3, 0.4) is 0 Å². The summed E-state index contributed by atoms with van der Waals surface area (Å²) in [6.45, 7) is 0.933. The third-order valence-electron chi connectivity index (χ3n) is 5.86. The van der Waals surface area contributed by atoms with Crippen LogP contribution in [0.15, 0.2) is 65.3 Å². The van der Waals surface area contributed by atoms with Gasteiger partial charge in [-0.05, 0) is 29.7 Å². The van der Waals surface area contributed by atoms with Crippen molar-refractivity contribution >= 4 is 11.8 Å². The zero-order valence-electron chi connectivity index (χ0n) is 18.2. The summed E-state index contributed by atoms with van der Waals surface area (Å²) in [6, 6.07) is 17.0. The number of aliphatic hydroxyl groups is 2. The first-order chi connectivity index (χ1) is 16.0. The van der Waals surface area contributed by atoms with E-state index < -0.39 is 6.10 Å². The topological polar surface area (TPSA) is 116 Å². The van der Waals surface area contributed by atoms with Crippen molar-refractivity contribution < 1.29 is 24.2 Å². The average molecular weight is 450 g/mol. The molecule has 2 heterocycles. The Bertz CT molecular complexity index is 1080. The second-order valence-corrected chi connectivity index (χ2v) is 8.22.